The van der Waals surface area contributed by atoms with Crippen LogP contribution in [-0.2, 0) is 21.7 Å². The van der Waals surface area contributed by atoms with Crippen LogP contribution in [0.4, 0.5) is 0 Å². The summed E-state index contributed by atoms with van der Waals surface area (Å²) in [4.78, 5) is 13.3. The van der Waals surface area contributed by atoms with Gasteiger partial charge in [0.25, 0.3) is 5.91 Å². The van der Waals surface area contributed by atoms with Crippen molar-refractivity contribution in [2.75, 3.05) is 7.11 Å². The van der Waals surface area contributed by atoms with Gasteiger partial charge in [0.15, 0.2) is 5.72 Å². The van der Waals surface area contributed by atoms with Crippen molar-refractivity contribution in [3.63, 3.8) is 0 Å². The van der Waals surface area contributed by atoms with E-state index in [1.54, 1.807) is 7.11 Å². The molecule has 7 nitrogen and oxygen atoms in total. The Balaban J connectivity index is 1.75. The van der Waals surface area contributed by atoms with Gasteiger partial charge in [0.1, 0.15) is 12.3 Å². The molecule has 2 aromatic heterocycles. The van der Waals surface area contributed by atoms with Crippen LogP contribution in [-0.4, -0.2) is 34.3 Å². The highest BCUT2D eigenvalue weighted by Crippen LogP contribution is 2.53. The second-order valence-corrected chi connectivity index (χ2v) is 9.91. The van der Waals surface area contributed by atoms with E-state index in [9.17, 15) is 4.79 Å². The van der Waals surface area contributed by atoms with Crippen molar-refractivity contribution in [1.29, 1.82) is 0 Å². The number of nitrogens with zero attached hydrogens (tertiary/aromatic N) is 2. The molecule has 3 aromatic carbocycles. The van der Waals surface area contributed by atoms with Gasteiger partial charge in [-0.3, -0.25) is 4.79 Å². The number of nitrogens with two attached hydrogens (primary N) is 1. The summed E-state index contributed by atoms with van der Waals surface area (Å²) < 4.78 is 17.6. The number of methoxy groups -OCH3 is 1. The van der Waals surface area contributed by atoms with Gasteiger partial charge >= 0.3 is 0 Å². The number of benzene rings is 3. The van der Waals surface area contributed by atoms with E-state index in [2.05, 4.69) is 57.8 Å². The van der Waals surface area contributed by atoms with E-state index < -0.39 is 5.72 Å². The number of hydrogen-bond donors (Lipinski definition) is 2. The van der Waals surface area contributed by atoms with Crippen molar-refractivity contribution < 1.29 is 14.3 Å². The minimum atomic E-state index is -0.824. The van der Waals surface area contributed by atoms with Gasteiger partial charge in [0, 0.05) is 47.7 Å². The van der Waals surface area contributed by atoms with Gasteiger partial charge < -0.3 is 29.7 Å². The SMILES string of the molecule is CO[C@H]1[C@@H](N)C[C@@H]2O[C@@]1(C)n1c3ccccc3c3c4c(c5c6ccccc6n2c5c31)C(=O)NC4. The lowest BCUT2D eigenvalue weighted by Gasteiger charge is -2.47. The Morgan fingerprint density at radius 2 is 1.76 bits per heavy atom. The number of hydrogen-bond acceptors (Lipinski definition) is 4. The van der Waals surface area contributed by atoms with E-state index in [0.29, 0.717) is 13.0 Å². The maximum Gasteiger partial charge on any atom is 0.252 e. The number of fused-ring (bicyclic) bond motifs is 13. The first kappa shape index (κ1) is 19.0. The molecule has 3 aliphatic rings. The number of carbonyl (C=O) groups excluding carboxylic acids is 1. The molecule has 0 spiro atoms. The van der Waals surface area contributed by atoms with E-state index in [-0.39, 0.29) is 24.3 Å². The highest BCUT2D eigenvalue weighted by molar-refractivity contribution is 6.31. The molecule has 0 unspecified atom stereocenters. The number of amides is 1. The quantitative estimate of drug-likeness (QED) is 0.401. The molecule has 0 radical (unpaired) electrons. The van der Waals surface area contributed by atoms with Crippen LogP contribution in [0.5, 0.6) is 0 Å². The molecule has 8 rings (SSSR count). The molecular weight excluding hydrogens is 428 g/mol. The molecule has 1 amide bonds. The van der Waals surface area contributed by atoms with Crippen LogP contribution < -0.4 is 11.1 Å². The smallest absolute Gasteiger partial charge is 0.252 e. The Kier molecular flexibility index (Phi) is 3.34. The number of para-hydroxylation sites is 2. The largest absolute Gasteiger partial charge is 0.375 e. The molecule has 170 valence electrons. The van der Waals surface area contributed by atoms with E-state index in [1.807, 2.05) is 12.1 Å². The Morgan fingerprint density at radius 3 is 2.53 bits per heavy atom. The minimum Gasteiger partial charge on any atom is -0.375 e. The molecule has 3 aliphatic heterocycles. The molecule has 1 fully saturated rings. The zero-order valence-electron chi connectivity index (χ0n) is 19.0. The summed E-state index contributed by atoms with van der Waals surface area (Å²) in [6.45, 7) is 2.61. The summed E-state index contributed by atoms with van der Waals surface area (Å²) in [7, 11) is 1.71. The molecule has 34 heavy (non-hydrogen) atoms. The van der Waals surface area contributed by atoms with E-state index in [1.165, 1.54) is 0 Å². The average Bonchev–Trinajstić information content (AvgIpc) is 3.46. The predicted octanol–water partition coefficient (Wildman–Crippen LogP) is 4.09. The van der Waals surface area contributed by atoms with Gasteiger partial charge in [0.2, 0.25) is 0 Å². The third-order valence-corrected chi connectivity index (χ3v) is 8.27. The topological polar surface area (TPSA) is 83.4 Å². The number of nitrogens with one attached hydrogen (secondary N) is 1. The van der Waals surface area contributed by atoms with Gasteiger partial charge in [-0.25, -0.2) is 0 Å². The van der Waals surface area contributed by atoms with Gasteiger partial charge in [0.05, 0.1) is 27.6 Å². The molecule has 0 saturated carbocycles. The molecule has 1 saturated heterocycles. The Bertz CT molecular complexity index is 1730. The number of ether oxygens (including phenoxy) is 2. The van der Waals surface area contributed by atoms with Crippen LogP contribution in [0.3, 0.4) is 0 Å². The summed E-state index contributed by atoms with van der Waals surface area (Å²) in [5, 5.41) is 7.40. The first-order valence-corrected chi connectivity index (χ1v) is 11.8. The summed E-state index contributed by atoms with van der Waals surface area (Å²) in [6, 6.07) is 16.5. The third kappa shape index (κ3) is 1.92. The van der Waals surface area contributed by atoms with Gasteiger partial charge in [-0.15, -0.1) is 0 Å². The lowest BCUT2D eigenvalue weighted by Crippen LogP contribution is -2.59. The fourth-order valence-corrected chi connectivity index (χ4v) is 7.12. The highest BCUT2D eigenvalue weighted by atomic mass is 16.6. The molecule has 3 N–H and O–H groups in total. The van der Waals surface area contributed by atoms with Gasteiger partial charge in [-0.2, -0.15) is 0 Å². The Morgan fingerprint density at radius 1 is 1.06 bits per heavy atom. The van der Waals surface area contributed by atoms with Crippen molar-refractivity contribution in [2.24, 2.45) is 5.73 Å². The van der Waals surface area contributed by atoms with Gasteiger partial charge in [-0.05, 0) is 24.6 Å². The zero-order chi connectivity index (χ0) is 22.9. The second kappa shape index (κ2) is 5.99. The van der Waals surface area contributed by atoms with Crippen molar-refractivity contribution in [2.45, 2.75) is 44.0 Å². The first-order valence-electron chi connectivity index (χ1n) is 11.8. The zero-order valence-corrected chi connectivity index (χ0v) is 19.0. The van der Waals surface area contributed by atoms with E-state index in [0.717, 1.165) is 54.7 Å². The Hall–Kier alpha value is -3.39. The van der Waals surface area contributed by atoms with Crippen LogP contribution in [0.25, 0.3) is 43.6 Å². The fraction of sp³-hybridized carbons (Fsp3) is 0.296. The van der Waals surface area contributed by atoms with Crippen LogP contribution >= 0.6 is 0 Å². The highest BCUT2D eigenvalue weighted by Gasteiger charge is 2.52. The molecule has 5 aromatic rings. The molecule has 4 atom stereocenters. The van der Waals surface area contributed by atoms with Crippen molar-refractivity contribution in [3.8, 4) is 0 Å². The predicted molar refractivity (Wildman–Crippen MR) is 131 cm³/mol. The lowest BCUT2D eigenvalue weighted by molar-refractivity contribution is -0.252. The minimum absolute atomic E-state index is 0.0116. The van der Waals surface area contributed by atoms with Crippen LogP contribution in [0, 0.1) is 0 Å². The van der Waals surface area contributed by atoms with Crippen molar-refractivity contribution in [1.82, 2.24) is 14.5 Å². The monoisotopic (exact) mass is 452 g/mol. The maximum absolute atomic E-state index is 13.3. The summed E-state index contributed by atoms with van der Waals surface area (Å²) in [5.41, 5.74) is 12.0. The standard InChI is InChI=1S/C27H24N4O3/c1-27-25(33-2)16(28)11-19(34-27)30-17-9-5-3-7-13(17)21-22-15(12-29-26(22)32)20-14-8-4-6-10-18(14)31(27)24(20)23(21)30/h3-10,16,19,25H,11-12,28H2,1-2H3,(H,29,32)/t16-,19-,25-,27+/m0/s1. The molecule has 7 heteroatoms. The van der Waals surface area contributed by atoms with E-state index in [4.69, 9.17) is 15.2 Å². The van der Waals surface area contributed by atoms with Crippen molar-refractivity contribution >= 4 is 49.5 Å². The molecular formula is C27H24N4O3. The summed E-state index contributed by atoms with van der Waals surface area (Å²) in [5.74, 6) is -0.0116. The number of aromatic nitrogens is 2. The number of rotatable bonds is 1. The van der Waals surface area contributed by atoms with Crippen LogP contribution in [0.1, 0.15) is 35.5 Å². The second-order valence-electron chi connectivity index (χ2n) is 9.91. The lowest BCUT2D eigenvalue weighted by atomic mass is 9.93. The maximum atomic E-state index is 13.3. The average molecular weight is 453 g/mol. The Labute approximate surface area is 195 Å². The number of carbonyl (C=O) groups is 1. The fourth-order valence-electron chi connectivity index (χ4n) is 7.12. The van der Waals surface area contributed by atoms with Gasteiger partial charge in [-0.1, -0.05) is 36.4 Å². The normalized spacial score (nSPS) is 27.7. The molecule has 2 bridgehead atoms. The van der Waals surface area contributed by atoms with Crippen LogP contribution in [0.2, 0.25) is 0 Å². The summed E-state index contributed by atoms with van der Waals surface area (Å²) >= 11 is 0. The van der Waals surface area contributed by atoms with E-state index >= 15 is 0 Å². The summed E-state index contributed by atoms with van der Waals surface area (Å²) in [6.07, 6.45) is 0.00921. The first-order chi connectivity index (χ1) is 16.5. The third-order valence-electron chi connectivity index (χ3n) is 8.27. The molecule has 0 aliphatic carbocycles. The van der Waals surface area contributed by atoms with Crippen LogP contribution in [0.15, 0.2) is 48.5 Å². The molecule has 5 heterocycles. The van der Waals surface area contributed by atoms with Crippen molar-refractivity contribution in [3.05, 3.63) is 59.7 Å².